The molecule has 0 bridgehead atoms. The van der Waals surface area contributed by atoms with Crippen molar-refractivity contribution < 1.29 is 33.4 Å². The third-order valence-corrected chi connectivity index (χ3v) is 3.92. The lowest BCUT2D eigenvalue weighted by molar-refractivity contribution is -0.149. The van der Waals surface area contributed by atoms with Gasteiger partial charge in [-0.15, -0.1) is 0 Å². The summed E-state index contributed by atoms with van der Waals surface area (Å²) in [5.74, 6) is -1.13. The van der Waals surface area contributed by atoms with Crippen molar-refractivity contribution in [3.63, 3.8) is 0 Å². The van der Waals surface area contributed by atoms with Gasteiger partial charge in [0.05, 0.1) is 12.5 Å². The molecule has 1 saturated heterocycles. The first-order valence-electron chi connectivity index (χ1n) is 8.99. The van der Waals surface area contributed by atoms with E-state index in [9.17, 15) is 19.2 Å². The highest BCUT2D eigenvalue weighted by Gasteiger charge is 2.22. The van der Waals surface area contributed by atoms with Crippen LogP contribution in [0.25, 0.3) is 0 Å². The molecule has 152 valence electrons. The largest absolute Gasteiger partial charge is 0.462 e. The maximum absolute atomic E-state index is 11.9. The van der Waals surface area contributed by atoms with Crippen molar-refractivity contribution in [2.24, 2.45) is 5.92 Å². The third kappa shape index (κ3) is 9.07. The van der Waals surface area contributed by atoms with E-state index in [1.807, 2.05) is 0 Å². The number of nitrogens with one attached hydrogen (secondary N) is 1. The molecule has 1 aliphatic rings. The highest BCUT2D eigenvalue weighted by molar-refractivity contribution is 5.86. The molecule has 9 nitrogen and oxygen atoms in total. The molecular formula is C18H28N2O7. The number of hydrogen-bond donors (Lipinski definition) is 1. The van der Waals surface area contributed by atoms with Gasteiger partial charge in [0.15, 0.2) is 0 Å². The molecule has 1 N–H and O–H groups in total. The van der Waals surface area contributed by atoms with Crippen molar-refractivity contribution in [2.45, 2.75) is 33.1 Å². The van der Waals surface area contributed by atoms with Crippen molar-refractivity contribution in [1.29, 1.82) is 0 Å². The maximum atomic E-state index is 11.9. The Morgan fingerprint density at radius 2 is 1.89 bits per heavy atom. The molecule has 1 atom stereocenters. The molecule has 0 spiro atoms. The van der Waals surface area contributed by atoms with Crippen molar-refractivity contribution >= 4 is 23.9 Å². The monoisotopic (exact) mass is 384 g/mol. The summed E-state index contributed by atoms with van der Waals surface area (Å²) >= 11 is 0. The van der Waals surface area contributed by atoms with Crippen LogP contribution in [0.2, 0.25) is 0 Å². The number of amides is 2. The Morgan fingerprint density at radius 3 is 2.52 bits per heavy atom. The van der Waals surface area contributed by atoms with Crippen LogP contribution in [-0.4, -0.2) is 68.3 Å². The normalized spacial score (nSPS) is 14.4. The molecule has 1 unspecified atom stereocenters. The number of carbonyl (C=O) groups is 4. The summed E-state index contributed by atoms with van der Waals surface area (Å²) in [5.41, 5.74) is 0.278. The Kier molecular flexibility index (Phi) is 9.92. The van der Waals surface area contributed by atoms with E-state index in [2.05, 4.69) is 11.9 Å². The second kappa shape index (κ2) is 11.9. The van der Waals surface area contributed by atoms with Gasteiger partial charge >= 0.3 is 18.0 Å². The Balaban J connectivity index is 2.04. The van der Waals surface area contributed by atoms with E-state index in [1.165, 1.54) is 6.92 Å². The van der Waals surface area contributed by atoms with Gasteiger partial charge in [-0.1, -0.05) is 13.5 Å². The molecule has 9 heteroatoms. The van der Waals surface area contributed by atoms with Crippen molar-refractivity contribution in [1.82, 2.24) is 10.2 Å². The SMILES string of the molecule is C=C(C)C(=O)OCCNC(=O)OCCOC(=O)C(C)CCN1CCCC1=O. The summed E-state index contributed by atoms with van der Waals surface area (Å²) in [4.78, 5) is 47.7. The molecule has 0 aliphatic carbocycles. The first kappa shape index (κ1) is 22.5. The van der Waals surface area contributed by atoms with Gasteiger partial charge in [-0.3, -0.25) is 9.59 Å². The molecule has 1 rings (SSSR count). The Bertz CT molecular complexity index is 562. The number of carbonyl (C=O) groups excluding carboxylic acids is 4. The van der Waals surface area contributed by atoms with Crippen molar-refractivity contribution in [3.8, 4) is 0 Å². The fourth-order valence-electron chi connectivity index (χ4n) is 2.30. The van der Waals surface area contributed by atoms with Crippen LogP contribution in [0.1, 0.15) is 33.1 Å². The zero-order valence-electron chi connectivity index (χ0n) is 16.0. The van der Waals surface area contributed by atoms with Gasteiger partial charge in [0.1, 0.15) is 19.8 Å². The van der Waals surface area contributed by atoms with Gasteiger partial charge < -0.3 is 24.4 Å². The fraction of sp³-hybridized carbons (Fsp3) is 0.667. The topological polar surface area (TPSA) is 111 Å². The number of esters is 2. The minimum absolute atomic E-state index is 0.00676. The predicted octanol–water partition coefficient (Wildman–Crippen LogP) is 1.02. The Hall–Kier alpha value is -2.58. The lowest BCUT2D eigenvalue weighted by Gasteiger charge is -2.18. The van der Waals surface area contributed by atoms with Crippen LogP contribution in [0, 0.1) is 5.92 Å². The van der Waals surface area contributed by atoms with Gasteiger partial charge in [-0.25, -0.2) is 9.59 Å². The molecule has 1 fully saturated rings. The molecule has 27 heavy (non-hydrogen) atoms. The highest BCUT2D eigenvalue weighted by Crippen LogP contribution is 2.13. The quantitative estimate of drug-likeness (QED) is 0.245. The van der Waals surface area contributed by atoms with E-state index in [1.54, 1.807) is 11.8 Å². The van der Waals surface area contributed by atoms with Gasteiger partial charge in [-0.05, 0) is 19.8 Å². The number of rotatable bonds is 11. The van der Waals surface area contributed by atoms with E-state index in [-0.39, 0.29) is 43.8 Å². The van der Waals surface area contributed by atoms with Crippen LogP contribution in [0.4, 0.5) is 4.79 Å². The smallest absolute Gasteiger partial charge is 0.407 e. The lowest BCUT2D eigenvalue weighted by atomic mass is 10.1. The Labute approximate surface area is 159 Å². The number of likely N-dealkylation sites (tertiary alicyclic amines) is 1. The molecule has 2 amide bonds. The summed E-state index contributed by atoms with van der Waals surface area (Å²) in [6.45, 7) is 7.96. The molecule has 0 aromatic carbocycles. The van der Waals surface area contributed by atoms with Crippen LogP contribution < -0.4 is 5.32 Å². The summed E-state index contributed by atoms with van der Waals surface area (Å²) in [6.07, 6.45) is 1.29. The standard InChI is InChI=1S/C18H28N2O7/c1-13(2)16(22)25-10-7-19-18(24)27-12-11-26-17(23)14(3)6-9-20-8-4-5-15(20)21/h14H,1,4-12H2,2-3H3,(H,19,24). The summed E-state index contributed by atoms with van der Waals surface area (Å²) in [6, 6.07) is 0. The zero-order valence-corrected chi connectivity index (χ0v) is 16.0. The van der Waals surface area contributed by atoms with Crippen LogP contribution in [-0.2, 0) is 28.6 Å². The minimum atomic E-state index is -0.696. The molecule has 1 aliphatic heterocycles. The van der Waals surface area contributed by atoms with Crippen LogP contribution in [0.3, 0.4) is 0 Å². The highest BCUT2D eigenvalue weighted by atomic mass is 16.6. The molecule has 0 radical (unpaired) electrons. The minimum Gasteiger partial charge on any atom is -0.462 e. The van der Waals surface area contributed by atoms with Gasteiger partial charge in [0, 0.05) is 25.1 Å². The van der Waals surface area contributed by atoms with Crippen molar-refractivity contribution in [3.05, 3.63) is 12.2 Å². The number of alkyl carbamates (subject to hydrolysis) is 1. The van der Waals surface area contributed by atoms with E-state index >= 15 is 0 Å². The number of hydrogen-bond acceptors (Lipinski definition) is 7. The lowest BCUT2D eigenvalue weighted by Crippen LogP contribution is -2.30. The molecule has 0 aromatic heterocycles. The fourth-order valence-corrected chi connectivity index (χ4v) is 2.30. The number of ether oxygens (including phenoxy) is 3. The second-order valence-electron chi connectivity index (χ2n) is 6.32. The van der Waals surface area contributed by atoms with E-state index < -0.39 is 18.0 Å². The van der Waals surface area contributed by atoms with E-state index in [0.717, 1.165) is 13.0 Å². The van der Waals surface area contributed by atoms with Crippen LogP contribution >= 0.6 is 0 Å². The molecule has 1 heterocycles. The van der Waals surface area contributed by atoms with Gasteiger partial charge in [-0.2, -0.15) is 0 Å². The molecule has 0 aromatic rings. The average molecular weight is 384 g/mol. The third-order valence-electron chi connectivity index (χ3n) is 3.92. The van der Waals surface area contributed by atoms with Gasteiger partial charge in [0.25, 0.3) is 0 Å². The van der Waals surface area contributed by atoms with E-state index in [4.69, 9.17) is 14.2 Å². The Morgan fingerprint density at radius 1 is 1.19 bits per heavy atom. The molecular weight excluding hydrogens is 356 g/mol. The molecule has 0 saturated carbocycles. The summed E-state index contributed by atoms with van der Waals surface area (Å²) in [7, 11) is 0. The summed E-state index contributed by atoms with van der Waals surface area (Å²) in [5, 5.41) is 2.40. The maximum Gasteiger partial charge on any atom is 0.407 e. The zero-order chi connectivity index (χ0) is 20.2. The second-order valence-corrected chi connectivity index (χ2v) is 6.32. The predicted molar refractivity (Wildman–Crippen MR) is 95.7 cm³/mol. The van der Waals surface area contributed by atoms with Crippen LogP contribution in [0.5, 0.6) is 0 Å². The van der Waals surface area contributed by atoms with Gasteiger partial charge in [0.2, 0.25) is 5.91 Å². The summed E-state index contributed by atoms with van der Waals surface area (Å²) < 4.78 is 14.7. The van der Waals surface area contributed by atoms with E-state index in [0.29, 0.717) is 19.4 Å². The van der Waals surface area contributed by atoms with Crippen molar-refractivity contribution in [2.75, 3.05) is 39.5 Å². The first-order chi connectivity index (χ1) is 12.8. The average Bonchev–Trinajstić information content (AvgIpc) is 3.04. The number of nitrogens with zero attached hydrogens (tertiary/aromatic N) is 1. The van der Waals surface area contributed by atoms with Crippen LogP contribution in [0.15, 0.2) is 12.2 Å². The first-order valence-corrected chi connectivity index (χ1v) is 8.99.